The number of hydrogen-bond acceptors (Lipinski definition) is 7. The fraction of sp³-hybridized carbons (Fsp3) is 0.200. The van der Waals surface area contributed by atoms with Gasteiger partial charge in [0.25, 0.3) is 0 Å². The van der Waals surface area contributed by atoms with Crippen LogP contribution in [0.15, 0.2) is 16.0 Å². The Morgan fingerprint density at radius 3 is 3.00 bits per heavy atom. The molecule has 1 aromatic heterocycles. The number of carboxylic acids is 1. The molecule has 1 heterocycles. The quantitative estimate of drug-likeness (QED) is 0.395. The SMILES string of the molecule is O=C(O)CC=NNC1=CCC(=S(=O)=O)c2sc(=O)[nH]c21. The molecule has 10 heteroatoms. The number of hydrazone groups is 1. The molecule has 0 spiro atoms. The van der Waals surface area contributed by atoms with E-state index in [-0.39, 0.29) is 22.6 Å². The van der Waals surface area contributed by atoms with Crippen LogP contribution in [0, 0.1) is 0 Å². The lowest BCUT2D eigenvalue weighted by Crippen LogP contribution is -2.15. The number of aliphatic carboxylic acids is 1. The van der Waals surface area contributed by atoms with E-state index in [1.54, 1.807) is 6.08 Å². The molecule has 0 aromatic carbocycles. The van der Waals surface area contributed by atoms with Gasteiger partial charge in [-0.25, -0.2) is 0 Å². The van der Waals surface area contributed by atoms with Gasteiger partial charge in [0.15, 0.2) is 0 Å². The van der Waals surface area contributed by atoms with Crippen molar-refractivity contribution in [3.05, 3.63) is 26.3 Å². The number of aromatic nitrogens is 1. The summed E-state index contributed by atoms with van der Waals surface area (Å²) in [6, 6.07) is 0. The molecule has 8 nitrogen and oxygen atoms in total. The van der Waals surface area contributed by atoms with E-state index >= 15 is 0 Å². The number of nitrogens with one attached hydrogen (secondary N) is 2. The molecule has 0 bridgehead atoms. The number of carboxylic acid groups (broad SMARTS) is 1. The van der Waals surface area contributed by atoms with Crippen LogP contribution in [0.2, 0.25) is 0 Å². The van der Waals surface area contributed by atoms with Crippen molar-refractivity contribution < 1.29 is 18.3 Å². The van der Waals surface area contributed by atoms with Crippen molar-refractivity contribution in [2.75, 3.05) is 0 Å². The third-order valence-electron chi connectivity index (χ3n) is 2.41. The smallest absolute Gasteiger partial charge is 0.308 e. The molecule has 20 heavy (non-hydrogen) atoms. The van der Waals surface area contributed by atoms with Gasteiger partial charge in [-0.15, -0.1) is 0 Å². The summed E-state index contributed by atoms with van der Waals surface area (Å²) in [6.07, 6.45) is 2.63. The highest BCUT2D eigenvalue weighted by Gasteiger charge is 2.22. The van der Waals surface area contributed by atoms with Gasteiger partial charge in [-0.3, -0.25) is 15.0 Å². The number of allylic oxidation sites excluding steroid dienone is 1. The van der Waals surface area contributed by atoms with Gasteiger partial charge < -0.3 is 10.1 Å². The van der Waals surface area contributed by atoms with E-state index in [4.69, 9.17) is 5.11 Å². The maximum atomic E-state index is 11.4. The summed E-state index contributed by atoms with van der Waals surface area (Å²) in [4.78, 5) is 24.3. The first kappa shape index (κ1) is 14.2. The number of H-pyrrole nitrogens is 1. The zero-order valence-corrected chi connectivity index (χ0v) is 11.5. The second-order valence-electron chi connectivity index (χ2n) is 3.72. The summed E-state index contributed by atoms with van der Waals surface area (Å²) >= 11 is 0.806. The van der Waals surface area contributed by atoms with E-state index in [0.717, 1.165) is 17.6 Å². The molecule has 0 aliphatic heterocycles. The fourth-order valence-electron chi connectivity index (χ4n) is 1.59. The highest BCUT2D eigenvalue weighted by molar-refractivity contribution is 7.73. The highest BCUT2D eigenvalue weighted by Crippen LogP contribution is 2.24. The van der Waals surface area contributed by atoms with Crippen molar-refractivity contribution in [2.24, 2.45) is 5.10 Å². The molecular weight excluding hydrogens is 306 g/mol. The summed E-state index contributed by atoms with van der Waals surface area (Å²) in [7, 11) is -2.40. The summed E-state index contributed by atoms with van der Waals surface area (Å²) in [6.45, 7) is 0. The minimum Gasteiger partial charge on any atom is -0.481 e. The van der Waals surface area contributed by atoms with E-state index in [1.165, 1.54) is 0 Å². The molecule has 0 radical (unpaired) electrons. The predicted molar refractivity (Wildman–Crippen MR) is 74.4 cm³/mol. The van der Waals surface area contributed by atoms with Crippen LogP contribution >= 0.6 is 11.3 Å². The van der Waals surface area contributed by atoms with Crippen LogP contribution in [-0.2, 0) is 15.1 Å². The first-order chi connectivity index (χ1) is 9.49. The van der Waals surface area contributed by atoms with Crippen LogP contribution in [0.4, 0.5) is 0 Å². The molecule has 0 amide bonds. The van der Waals surface area contributed by atoms with Crippen molar-refractivity contribution in [1.82, 2.24) is 10.4 Å². The molecule has 0 saturated carbocycles. The van der Waals surface area contributed by atoms with Gasteiger partial charge in [-0.2, -0.15) is 13.5 Å². The first-order valence-corrected chi connectivity index (χ1v) is 7.26. The number of fused-ring (bicyclic) bond motifs is 1. The number of aromatic amines is 1. The molecule has 0 atom stereocenters. The third-order valence-corrected chi connectivity index (χ3v) is 4.25. The van der Waals surface area contributed by atoms with Crippen LogP contribution < -0.4 is 10.3 Å². The van der Waals surface area contributed by atoms with Crippen LogP contribution in [0.25, 0.3) is 5.70 Å². The number of nitrogens with zero attached hydrogens (tertiary/aromatic N) is 1. The van der Waals surface area contributed by atoms with Crippen molar-refractivity contribution in [1.29, 1.82) is 0 Å². The Labute approximate surface area is 118 Å². The third kappa shape index (κ3) is 3.03. The van der Waals surface area contributed by atoms with Crippen molar-refractivity contribution in [2.45, 2.75) is 12.8 Å². The minimum atomic E-state index is -2.40. The zero-order valence-electron chi connectivity index (χ0n) is 9.91. The van der Waals surface area contributed by atoms with Gasteiger partial charge in [-0.1, -0.05) is 17.4 Å². The molecule has 2 rings (SSSR count). The Morgan fingerprint density at radius 1 is 1.60 bits per heavy atom. The molecule has 1 aliphatic carbocycles. The Kier molecular flexibility index (Phi) is 4.15. The summed E-state index contributed by atoms with van der Waals surface area (Å²) < 4.78 is 22.2. The van der Waals surface area contributed by atoms with Gasteiger partial charge in [0.1, 0.15) is 0 Å². The van der Waals surface area contributed by atoms with Crippen LogP contribution in [0.5, 0.6) is 0 Å². The Hall–Kier alpha value is -2.20. The van der Waals surface area contributed by atoms with Gasteiger partial charge >= 0.3 is 10.8 Å². The van der Waals surface area contributed by atoms with Crippen molar-refractivity contribution >= 4 is 44.4 Å². The summed E-state index contributed by atoms with van der Waals surface area (Å²) in [5, 5.41) is 12.2. The van der Waals surface area contributed by atoms with E-state index in [2.05, 4.69) is 15.5 Å². The molecule has 1 aliphatic rings. The Balaban J connectivity index is 2.30. The zero-order chi connectivity index (χ0) is 14.7. The Morgan fingerprint density at radius 2 is 2.35 bits per heavy atom. The fourth-order valence-corrected chi connectivity index (χ4v) is 3.19. The molecule has 3 N–H and O–H groups in total. The largest absolute Gasteiger partial charge is 0.481 e. The standard InChI is InChI=1S/C10H9N3O5S2/c14-7(15)3-4-11-13-5-1-2-6(20(17)18)9-8(5)12-10(16)19-9/h1,4,13H,2-3H2,(H,12,16)(H,14,15). The van der Waals surface area contributed by atoms with Gasteiger partial charge in [0, 0.05) is 12.6 Å². The molecule has 106 valence electrons. The lowest BCUT2D eigenvalue weighted by molar-refractivity contribution is -0.135. The number of thiazole rings is 1. The second-order valence-corrected chi connectivity index (χ2v) is 5.67. The number of rotatable bonds is 4. The summed E-state index contributed by atoms with van der Waals surface area (Å²) in [5.41, 5.74) is 3.38. The lowest BCUT2D eigenvalue weighted by Gasteiger charge is -2.12. The highest BCUT2D eigenvalue weighted by atomic mass is 32.2. The minimum absolute atomic E-state index is 0.142. The first-order valence-electron chi connectivity index (χ1n) is 5.37. The monoisotopic (exact) mass is 315 g/mol. The van der Waals surface area contributed by atoms with Gasteiger partial charge in [0.2, 0.25) is 10.3 Å². The number of hydrogen-bond donors (Lipinski definition) is 3. The molecule has 0 fully saturated rings. The van der Waals surface area contributed by atoms with Crippen molar-refractivity contribution in [3.8, 4) is 0 Å². The average molecular weight is 315 g/mol. The molecule has 0 saturated heterocycles. The topological polar surface area (TPSA) is 129 Å². The lowest BCUT2D eigenvalue weighted by atomic mass is 10.1. The Bertz CT molecular complexity index is 789. The van der Waals surface area contributed by atoms with Crippen LogP contribution in [-0.4, -0.2) is 35.6 Å². The maximum Gasteiger partial charge on any atom is 0.308 e. The van der Waals surface area contributed by atoms with E-state index in [1.807, 2.05) is 0 Å². The van der Waals surface area contributed by atoms with E-state index in [9.17, 15) is 18.0 Å². The predicted octanol–water partition coefficient (Wildman–Crippen LogP) is -0.369. The summed E-state index contributed by atoms with van der Waals surface area (Å²) in [5.74, 6) is -1.02. The van der Waals surface area contributed by atoms with Crippen molar-refractivity contribution in [3.63, 3.8) is 0 Å². The van der Waals surface area contributed by atoms with Crippen LogP contribution in [0.3, 0.4) is 0 Å². The van der Waals surface area contributed by atoms with E-state index < -0.39 is 16.3 Å². The van der Waals surface area contributed by atoms with Crippen LogP contribution in [0.1, 0.15) is 23.4 Å². The van der Waals surface area contributed by atoms with Gasteiger partial charge in [-0.05, 0) is 0 Å². The van der Waals surface area contributed by atoms with E-state index in [0.29, 0.717) is 16.3 Å². The molecule has 0 unspecified atom stereocenters. The molecule has 1 aromatic rings. The normalized spacial score (nSPS) is 14.0. The van der Waals surface area contributed by atoms with Gasteiger partial charge in [0.05, 0.1) is 27.6 Å². The molecular formula is C10H9N3O5S2. The number of carbonyl (C=O) groups is 1. The maximum absolute atomic E-state index is 11.4. The average Bonchev–Trinajstić information content (AvgIpc) is 2.75. The second kappa shape index (κ2) is 5.84.